The molecule has 0 bridgehead atoms. The lowest BCUT2D eigenvalue weighted by molar-refractivity contribution is -0.139. The molecule has 1 aromatic rings. The third kappa shape index (κ3) is 4.71. The molecule has 0 unspecified atom stereocenters. The number of anilines is 1. The minimum Gasteiger partial charge on any atom is -0.482 e. The molecule has 0 heterocycles. The fourth-order valence-electron chi connectivity index (χ4n) is 1.08. The van der Waals surface area contributed by atoms with Gasteiger partial charge in [-0.1, -0.05) is 12.0 Å². The lowest BCUT2D eigenvalue weighted by Gasteiger charge is -2.05. The lowest BCUT2D eigenvalue weighted by atomic mass is 10.3. The summed E-state index contributed by atoms with van der Waals surface area (Å²) < 4.78 is 4.96. The Hall–Kier alpha value is -2.48. The average molecular weight is 233 g/mol. The molecule has 0 fully saturated rings. The highest BCUT2D eigenvalue weighted by Crippen LogP contribution is 2.17. The van der Waals surface area contributed by atoms with Crippen molar-refractivity contribution in [3.05, 3.63) is 24.3 Å². The number of rotatable bonds is 4. The lowest BCUT2D eigenvalue weighted by Crippen LogP contribution is -2.10. The quantitative estimate of drug-likeness (QED) is 0.764. The maximum atomic E-state index is 11.2. The van der Waals surface area contributed by atoms with Crippen molar-refractivity contribution in [2.45, 2.75) is 6.92 Å². The molecule has 0 saturated carbocycles. The van der Waals surface area contributed by atoms with Gasteiger partial charge in [0.1, 0.15) is 5.75 Å². The second-order valence-corrected chi connectivity index (χ2v) is 3.04. The second kappa shape index (κ2) is 6.18. The monoisotopic (exact) mass is 233 g/mol. The zero-order chi connectivity index (χ0) is 12.7. The number of nitrogens with one attached hydrogen (secondary N) is 1. The molecule has 2 N–H and O–H groups in total. The fourth-order valence-corrected chi connectivity index (χ4v) is 1.08. The van der Waals surface area contributed by atoms with E-state index < -0.39 is 18.5 Å². The summed E-state index contributed by atoms with van der Waals surface area (Å²) in [6, 6.07) is 6.43. The van der Waals surface area contributed by atoms with Crippen LogP contribution < -0.4 is 10.1 Å². The number of carboxylic acid groups (broad SMARTS) is 1. The summed E-state index contributed by atoms with van der Waals surface area (Å²) in [6.07, 6.45) is 0. The summed E-state index contributed by atoms with van der Waals surface area (Å²) in [7, 11) is 0. The SMILES string of the molecule is CC#CC(=O)Nc1cccc(OCC(=O)O)c1. The fraction of sp³-hybridized carbons (Fsp3) is 0.167. The highest BCUT2D eigenvalue weighted by molar-refractivity contribution is 6.03. The first-order chi connectivity index (χ1) is 8.11. The number of hydrogen-bond donors (Lipinski definition) is 2. The van der Waals surface area contributed by atoms with E-state index in [0.29, 0.717) is 11.4 Å². The molecule has 0 aliphatic rings. The van der Waals surface area contributed by atoms with E-state index in [-0.39, 0.29) is 0 Å². The largest absolute Gasteiger partial charge is 0.482 e. The molecule has 5 nitrogen and oxygen atoms in total. The van der Waals surface area contributed by atoms with Crippen molar-refractivity contribution in [2.75, 3.05) is 11.9 Å². The summed E-state index contributed by atoms with van der Waals surface area (Å²) in [5.74, 6) is 3.68. The number of aliphatic carboxylic acids is 1. The van der Waals surface area contributed by atoms with Crippen LogP contribution in [0.2, 0.25) is 0 Å². The van der Waals surface area contributed by atoms with Crippen molar-refractivity contribution >= 4 is 17.6 Å². The first-order valence-corrected chi connectivity index (χ1v) is 4.80. The van der Waals surface area contributed by atoms with Gasteiger partial charge in [0.25, 0.3) is 5.91 Å². The number of carbonyl (C=O) groups is 2. The molecule has 0 radical (unpaired) electrons. The third-order valence-corrected chi connectivity index (χ3v) is 1.69. The maximum absolute atomic E-state index is 11.2. The summed E-state index contributed by atoms with van der Waals surface area (Å²) in [4.78, 5) is 21.5. The van der Waals surface area contributed by atoms with Gasteiger partial charge < -0.3 is 15.2 Å². The predicted octanol–water partition coefficient (Wildman–Crippen LogP) is 1.11. The Balaban J connectivity index is 2.67. The Bertz CT molecular complexity index is 485. The van der Waals surface area contributed by atoms with Crippen molar-refractivity contribution in [3.8, 4) is 17.6 Å². The highest BCUT2D eigenvalue weighted by Gasteiger charge is 2.02. The molecule has 0 aliphatic heterocycles. The molecule has 0 atom stereocenters. The molecule has 1 rings (SSSR count). The van der Waals surface area contributed by atoms with Gasteiger partial charge in [-0.3, -0.25) is 4.79 Å². The second-order valence-electron chi connectivity index (χ2n) is 3.04. The van der Waals surface area contributed by atoms with Crippen molar-refractivity contribution < 1.29 is 19.4 Å². The van der Waals surface area contributed by atoms with Gasteiger partial charge >= 0.3 is 5.97 Å². The Morgan fingerprint density at radius 2 is 2.24 bits per heavy atom. The van der Waals surface area contributed by atoms with E-state index in [1.165, 1.54) is 6.07 Å². The first-order valence-electron chi connectivity index (χ1n) is 4.80. The summed E-state index contributed by atoms with van der Waals surface area (Å²) >= 11 is 0. The number of benzene rings is 1. The van der Waals surface area contributed by atoms with Crippen LogP contribution in [0.5, 0.6) is 5.75 Å². The van der Waals surface area contributed by atoms with Gasteiger partial charge in [-0.25, -0.2) is 4.79 Å². The van der Waals surface area contributed by atoms with Crippen molar-refractivity contribution in [2.24, 2.45) is 0 Å². The van der Waals surface area contributed by atoms with E-state index in [9.17, 15) is 9.59 Å². The Morgan fingerprint density at radius 3 is 2.88 bits per heavy atom. The zero-order valence-electron chi connectivity index (χ0n) is 9.19. The number of carbonyl (C=O) groups excluding carboxylic acids is 1. The van der Waals surface area contributed by atoms with Gasteiger partial charge in [0.05, 0.1) is 0 Å². The van der Waals surface area contributed by atoms with Crippen LogP contribution in [0.15, 0.2) is 24.3 Å². The summed E-state index contributed by atoms with van der Waals surface area (Å²) in [5, 5.41) is 11.0. The smallest absolute Gasteiger partial charge is 0.341 e. The van der Waals surface area contributed by atoms with E-state index in [4.69, 9.17) is 9.84 Å². The molecule has 0 aromatic heterocycles. The number of carboxylic acids is 1. The molecule has 5 heteroatoms. The molecule has 1 amide bonds. The molecule has 0 aliphatic carbocycles. The van der Waals surface area contributed by atoms with Crippen LogP contribution in [-0.2, 0) is 9.59 Å². The number of amides is 1. The van der Waals surface area contributed by atoms with Crippen LogP contribution in [0.25, 0.3) is 0 Å². The van der Waals surface area contributed by atoms with Gasteiger partial charge in [0, 0.05) is 11.8 Å². The number of hydrogen-bond acceptors (Lipinski definition) is 3. The molecule has 0 saturated heterocycles. The van der Waals surface area contributed by atoms with Crippen LogP contribution in [-0.4, -0.2) is 23.6 Å². The average Bonchev–Trinajstić information content (AvgIpc) is 2.27. The summed E-state index contributed by atoms with van der Waals surface area (Å²) in [6.45, 7) is 1.14. The molecular formula is C12H11NO4. The van der Waals surface area contributed by atoms with Crippen LogP contribution in [0.3, 0.4) is 0 Å². The van der Waals surface area contributed by atoms with Crippen LogP contribution in [0.1, 0.15) is 6.92 Å². The highest BCUT2D eigenvalue weighted by atomic mass is 16.5. The number of ether oxygens (including phenoxy) is 1. The Labute approximate surface area is 98.4 Å². The minimum atomic E-state index is -1.06. The van der Waals surface area contributed by atoms with Crippen molar-refractivity contribution in [3.63, 3.8) is 0 Å². The Kier molecular flexibility index (Phi) is 4.58. The molecular weight excluding hydrogens is 222 g/mol. The topological polar surface area (TPSA) is 75.6 Å². The predicted molar refractivity (Wildman–Crippen MR) is 61.7 cm³/mol. The standard InChI is InChI=1S/C12H11NO4/c1-2-4-11(14)13-9-5-3-6-10(7-9)17-8-12(15)16/h3,5-7H,8H2,1H3,(H,13,14)(H,15,16). The van der Waals surface area contributed by atoms with Crippen LogP contribution in [0.4, 0.5) is 5.69 Å². The summed E-state index contributed by atoms with van der Waals surface area (Å²) in [5.41, 5.74) is 0.501. The minimum absolute atomic E-state index is 0.370. The molecule has 0 spiro atoms. The maximum Gasteiger partial charge on any atom is 0.341 e. The van der Waals surface area contributed by atoms with E-state index in [1.54, 1.807) is 25.1 Å². The van der Waals surface area contributed by atoms with E-state index in [1.807, 2.05) is 0 Å². The third-order valence-electron chi connectivity index (χ3n) is 1.69. The van der Waals surface area contributed by atoms with E-state index in [0.717, 1.165) is 0 Å². The zero-order valence-corrected chi connectivity index (χ0v) is 9.19. The van der Waals surface area contributed by atoms with Gasteiger partial charge in [0.15, 0.2) is 6.61 Å². The van der Waals surface area contributed by atoms with E-state index in [2.05, 4.69) is 17.2 Å². The van der Waals surface area contributed by atoms with Gasteiger partial charge in [0.2, 0.25) is 0 Å². The van der Waals surface area contributed by atoms with Gasteiger partial charge in [-0.05, 0) is 25.0 Å². The normalized spacial score (nSPS) is 8.76. The Morgan fingerprint density at radius 1 is 1.47 bits per heavy atom. The molecule has 1 aromatic carbocycles. The van der Waals surface area contributed by atoms with Gasteiger partial charge in [-0.2, -0.15) is 0 Å². The van der Waals surface area contributed by atoms with E-state index >= 15 is 0 Å². The van der Waals surface area contributed by atoms with Crippen molar-refractivity contribution in [1.82, 2.24) is 0 Å². The van der Waals surface area contributed by atoms with Gasteiger partial charge in [-0.15, -0.1) is 0 Å². The molecule has 17 heavy (non-hydrogen) atoms. The van der Waals surface area contributed by atoms with Crippen molar-refractivity contribution in [1.29, 1.82) is 0 Å². The first kappa shape index (κ1) is 12.6. The van der Waals surface area contributed by atoms with Crippen LogP contribution >= 0.6 is 0 Å². The molecule has 88 valence electrons. The van der Waals surface area contributed by atoms with Crippen LogP contribution in [0, 0.1) is 11.8 Å².